The quantitative estimate of drug-likeness (QED) is 0.341. The highest BCUT2D eigenvalue weighted by molar-refractivity contribution is 8.27. The molecule has 156 valence electrons. The number of nitrogens with one attached hydrogen (secondary N) is 3. The third-order valence-electron chi connectivity index (χ3n) is 4.97. The molecule has 0 radical (unpaired) electrons. The minimum absolute atomic E-state index is 0.0195. The summed E-state index contributed by atoms with van der Waals surface area (Å²) in [5.74, 6) is 0.483. The first-order chi connectivity index (χ1) is 13.5. The van der Waals surface area contributed by atoms with E-state index < -0.39 is 0 Å². The zero-order valence-corrected chi connectivity index (χ0v) is 19.6. The summed E-state index contributed by atoms with van der Waals surface area (Å²) in [7, 11) is 1.97. The molecule has 0 unspecified atom stereocenters. The Kier molecular flexibility index (Phi) is 7.61. The molecule has 2 rings (SSSR count). The van der Waals surface area contributed by atoms with Crippen LogP contribution < -0.4 is 5.32 Å². The van der Waals surface area contributed by atoms with Crippen molar-refractivity contribution in [2.45, 2.75) is 62.6 Å². The highest BCUT2D eigenvalue weighted by atomic mass is 32.2. The molecule has 0 aliphatic carbocycles. The van der Waals surface area contributed by atoms with Crippen molar-refractivity contribution in [2.24, 2.45) is 0 Å². The molecule has 1 saturated heterocycles. The zero-order valence-electron chi connectivity index (χ0n) is 17.9. The van der Waals surface area contributed by atoms with E-state index in [0.717, 1.165) is 23.3 Å². The summed E-state index contributed by atoms with van der Waals surface area (Å²) < 4.78 is 0. The van der Waals surface area contributed by atoms with E-state index >= 15 is 0 Å². The Morgan fingerprint density at radius 2 is 1.93 bits per heavy atom. The molecule has 1 aliphatic rings. The fraction of sp³-hybridized carbons (Fsp3) is 0.500. The van der Waals surface area contributed by atoms with Crippen molar-refractivity contribution >= 4 is 39.8 Å². The van der Waals surface area contributed by atoms with Crippen LogP contribution in [-0.2, 0) is 0 Å². The number of piperidine rings is 1. The molecule has 1 heterocycles. The monoisotopic (exact) mass is 429 g/mol. The zero-order chi connectivity index (χ0) is 21.8. The summed E-state index contributed by atoms with van der Waals surface area (Å²) in [6.07, 6.45) is 3.66. The van der Waals surface area contributed by atoms with E-state index in [0.29, 0.717) is 21.5 Å². The van der Waals surface area contributed by atoms with Gasteiger partial charge in [-0.15, -0.1) is 11.8 Å². The molecule has 5 nitrogen and oxygen atoms in total. The molecule has 1 fully saturated rings. The molecule has 3 N–H and O–H groups in total. The lowest BCUT2D eigenvalue weighted by Crippen LogP contribution is -2.62. The predicted octanol–water partition coefficient (Wildman–Crippen LogP) is 5.18. The van der Waals surface area contributed by atoms with Crippen molar-refractivity contribution in [1.82, 2.24) is 10.2 Å². The van der Waals surface area contributed by atoms with Crippen molar-refractivity contribution in [1.29, 1.82) is 16.1 Å². The van der Waals surface area contributed by atoms with Gasteiger partial charge in [0.05, 0.1) is 16.7 Å². The van der Waals surface area contributed by atoms with E-state index in [1.54, 1.807) is 12.1 Å². The van der Waals surface area contributed by atoms with Gasteiger partial charge in [0.2, 0.25) is 0 Å². The lowest BCUT2D eigenvalue weighted by molar-refractivity contribution is 0.114. The molecular weight excluding hydrogens is 398 g/mol. The Labute approximate surface area is 183 Å². The van der Waals surface area contributed by atoms with E-state index in [-0.39, 0.29) is 17.1 Å². The van der Waals surface area contributed by atoms with Gasteiger partial charge in [-0.3, -0.25) is 10.8 Å². The number of amidine groups is 1. The number of benzene rings is 1. The van der Waals surface area contributed by atoms with Gasteiger partial charge in [-0.2, -0.15) is 5.26 Å². The first-order valence-corrected chi connectivity index (χ1v) is 11.4. The molecule has 7 heteroatoms. The van der Waals surface area contributed by atoms with Gasteiger partial charge in [-0.05, 0) is 76.1 Å². The van der Waals surface area contributed by atoms with E-state index in [1.165, 1.54) is 23.5 Å². The van der Waals surface area contributed by atoms with E-state index in [2.05, 4.69) is 45.7 Å². The Hall–Kier alpha value is -1.75. The van der Waals surface area contributed by atoms with Crippen LogP contribution in [0.4, 0.5) is 0 Å². The van der Waals surface area contributed by atoms with Crippen LogP contribution in [0, 0.1) is 22.1 Å². The number of rotatable bonds is 5. The van der Waals surface area contributed by atoms with Crippen LogP contribution in [0.3, 0.4) is 0 Å². The first kappa shape index (κ1) is 23.5. The molecule has 0 atom stereocenters. The number of hydrogen-bond donors (Lipinski definition) is 3. The third kappa shape index (κ3) is 6.63. The molecule has 0 aromatic heterocycles. The van der Waals surface area contributed by atoms with Crippen LogP contribution >= 0.6 is 23.5 Å². The first-order valence-electron chi connectivity index (χ1n) is 9.62. The Balaban J connectivity index is 1.94. The Bertz CT molecular complexity index is 822. The van der Waals surface area contributed by atoms with Gasteiger partial charge in [0, 0.05) is 34.8 Å². The fourth-order valence-electron chi connectivity index (χ4n) is 3.98. The van der Waals surface area contributed by atoms with Gasteiger partial charge < -0.3 is 10.2 Å². The van der Waals surface area contributed by atoms with E-state index in [1.807, 2.05) is 24.1 Å². The third-order valence-corrected chi connectivity index (χ3v) is 7.14. The second-order valence-corrected chi connectivity index (χ2v) is 10.9. The molecule has 1 aliphatic heterocycles. The van der Waals surface area contributed by atoms with Crippen molar-refractivity contribution < 1.29 is 0 Å². The lowest BCUT2D eigenvalue weighted by Gasteiger charge is -2.49. The van der Waals surface area contributed by atoms with E-state index in [9.17, 15) is 0 Å². The van der Waals surface area contributed by atoms with Gasteiger partial charge in [0.1, 0.15) is 0 Å². The van der Waals surface area contributed by atoms with Crippen molar-refractivity contribution in [3.8, 4) is 6.07 Å². The van der Waals surface area contributed by atoms with Crippen LogP contribution in [-0.4, -0.2) is 45.0 Å². The van der Waals surface area contributed by atoms with Crippen LogP contribution in [0.25, 0.3) is 6.08 Å². The molecule has 1 aromatic carbocycles. The summed E-state index contributed by atoms with van der Waals surface area (Å²) in [5, 5.41) is 30.4. The summed E-state index contributed by atoms with van der Waals surface area (Å²) in [4.78, 5) is 3.01. The summed E-state index contributed by atoms with van der Waals surface area (Å²) in [6.45, 7) is 12.6. The maximum atomic E-state index is 9.03. The second kappa shape index (κ2) is 9.38. The average molecular weight is 430 g/mol. The highest BCUT2D eigenvalue weighted by Crippen LogP contribution is 2.32. The maximum Gasteiger partial charge on any atom is 0.162 e. The van der Waals surface area contributed by atoms with Gasteiger partial charge in [-0.1, -0.05) is 12.7 Å². The fourth-order valence-corrected chi connectivity index (χ4v) is 5.68. The maximum absolute atomic E-state index is 9.03. The van der Waals surface area contributed by atoms with Crippen molar-refractivity contribution in [3.05, 3.63) is 35.9 Å². The minimum atomic E-state index is 0.0195. The number of nitrogens with zero attached hydrogens (tertiary/aromatic N) is 2. The number of nitriles is 1. The minimum Gasteiger partial charge on any atom is -0.351 e. The summed E-state index contributed by atoms with van der Waals surface area (Å²) in [6, 6.07) is 7.89. The molecule has 0 amide bonds. The number of hydrogen-bond acceptors (Lipinski definition) is 6. The standard InChI is InChI=1S/C22H31N5S2/c1-7-16-10-15(13-23)8-9-18(16)28-14-19(24)29-20(25)27(6)17-11-21(2,3)26-22(4,5)12-17/h7-10,17,24-26H,1,11-12,14H2,2-6H3. The van der Waals surface area contributed by atoms with Crippen LogP contribution in [0.15, 0.2) is 29.7 Å². The SMILES string of the molecule is C=Cc1cc(C#N)ccc1SCC(=N)SC(=N)N(C)C1CC(C)(C)NC(C)(C)C1. The van der Waals surface area contributed by atoms with Gasteiger partial charge >= 0.3 is 0 Å². The predicted molar refractivity (Wildman–Crippen MR) is 127 cm³/mol. The molecule has 0 bridgehead atoms. The normalized spacial score (nSPS) is 17.9. The van der Waals surface area contributed by atoms with Gasteiger partial charge in [0.25, 0.3) is 0 Å². The second-order valence-electron chi connectivity index (χ2n) is 8.75. The van der Waals surface area contributed by atoms with Crippen molar-refractivity contribution in [2.75, 3.05) is 12.8 Å². The van der Waals surface area contributed by atoms with Gasteiger partial charge in [-0.25, -0.2) is 0 Å². The Morgan fingerprint density at radius 3 is 2.48 bits per heavy atom. The largest absolute Gasteiger partial charge is 0.351 e. The highest BCUT2D eigenvalue weighted by Gasteiger charge is 2.39. The van der Waals surface area contributed by atoms with E-state index in [4.69, 9.17) is 16.1 Å². The molecule has 0 spiro atoms. The molecule has 1 aromatic rings. The molecule has 0 saturated carbocycles. The smallest absolute Gasteiger partial charge is 0.162 e. The van der Waals surface area contributed by atoms with Crippen LogP contribution in [0.2, 0.25) is 0 Å². The molecule has 29 heavy (non-hydrogen) atoms. The number of thioether (sulfide) groups is 2. The van der Waals surface area contributed by atoms with Crippen LogP contribution in [0.1, 0.15) is 51.7 Å². The summed E-state index contributed by atoms with van der Waals surface area (Å²) in [5.41, 5.74) is 1.54. The van der Waals surface area contributed by atoms with Crippen molar-refractivity contribution in [3.63, 3.8) is 0 Å². The lowest BCUT2D eigenvalue weighted by atomic mass is 9.79. The topological polar surface area (TPSA) is 86.8 Å². The summed E-state index contributed by atoms with van der Waals surface area (Å²) >= 11 is 2.75. The van der Waals surface area contributed by atoms with Crippen LogP contribution in [0.5, 0.6) is 0 Å². The Morgan fingerprint density at radius 1 is 1.31 bits per heavy atom. The van der Waals surface area contributed by atoms with Gasteiger partial charge in [0.15, 0.2) is 5.17 Å². The average Bonchev–Trinajstić information content (AvgIpc) is 2.62. The molecular formula is C22H31N5S2.